The Hall–Kier alpha value is 0.230. The number of nitrogen functional groups attached to an aromatic ring is 1. The molecule has 0 heterocycles. The fourth-order valence-electron chi connectivity index (χ4n) is 1.14. The van der Waals surface area contributed by atoms with Gasteiger partial charge in [-0.1, -0.05) is 36.7 Å². The molecule has 0 atom stereocenters. The summed E-state index contributed by atoms with van der Waals surface area (Å²) in [5, 5.41) is 0. The van der Waals surface area contributed by atoms with Crippen molar-refractivity contribution in [3.05, 3.63) is 25.7 Å². The van der Waals surface area contributed by atoms with Gasteiger partial charge in [-0.15, -0.1) is 0 Å². The minimum absolute atomic E-state index is 0.159. The van der Waals surface area contributed by atoms with Crippen LogP contribution in [0.4, 0.5) is 5.69 Å². The molecular formula is C10H13BrIN. The second kappa shape index (κ2) is 3.77. The van der Waals surface area contributed by atoms with Gasteiger partial charge < -0.3 is 5.73 Å². The van der Waals surface area contributed by atoms with Gasteiger partial charge in [0, 0.05) is 13.7 Å². The Morgan fingerprint density at radius 2 is 1.85 bits per heavy atom. The third-order valence-corrected chi connectivity index (χ3v) is 3.48. The molecule has 1 nitrogen and oxygen atoms in total. The molecular weight excluding hydrogens is 341 g/mol. The molecule has 0 saturated heterocycles. The Bertz CT molecular complexity index is 328. The van der Waals surface area contributed by atoms with Crippen molar-refractivity contribution in [2.45, 2.75) is 26.2 Å². The van der Waals surface area contributed by atoms with E-state index in [1.54, 1.807) is 0 Å². The van der Waals surface area contributed by atoms with Crippen LogP contribution in [0.25, 0.3) is 0 Å². The molecule has 0 spiro atoms. The van der Waals surface area contributed by atoms with E-state index in [1.165, 1.54) is 5.56 Å². The van der Waals surface area contributed by atoms with Crippen molar-refractivity contribution in [1.82, 2.24) is 0 Å². The average Bonchev–Trinajstić information content (AvgIpc) is 1.94. The van der Waals surface area contributed by atoms with Gasteiger partial charge in [-0.25, -0.2) is 0 Å². The zero-order valence-electron chi connectivity index (χ0n) is 7.99. The summed E-state index contributed by atoms with van der Waals surface area (Å²) in [6.07, 6.45) is 0. The number of halogens is 2. The van der Waals surface area contributed by atoms with Crippen LogP contribution in [0.2, 0.25) is 0 Å². The number of hydrogen-bond donors (Lipinski definition) is 1. The highest BCUT2D eigenvalue weighted by Crippen LogP contribution is 2.33. The Kier molecular flexibility index (Phi) is 3.28. The fraction of sp³-hybridized carbons (Fsp3) is 0.400. The molecule has 1 aromatic carbocycles. The molecule has 0 unspecified atom stereocenters. The first kappa shape index (κ1) is 11.3. The predicted molar refractivity (Wildman–Crippen MR) is 70.0 cm³/mol. The topological polar surface area (TPSA) is 26.0 Å². The Labute approximate surface area is 101 Å². The van der Waals surface area contributed by atoms with Crippen LogP contribution in [-0.2, 0) is 5.41 Å². The molecule has 0 aliphatic rings. The highest BCUT2D eigenvalue weighted by atomic mass is 127. The molecule has 72 valence electrons. The van der Waals surface area contributed by atoms with Crippen LogP contribution in [-0.4, -0.2) is 0 Å². The molecule has 0 saturated carbocycles. The molecule has 0 aliphatic heterocycles. The summed E-state index contributed by atoms with van der Waals surface area (Å²) < 4.78 is 2.21. The normalized spacial score (nSPS) is 11.8. The molecule has 0 amide bonds. The second-order valence-electron chi connectivity index (χ2n) is 4.10. The molecule has 0 aromatic heterocycles. The van der Waals surface area contributed by atoms with E-state index >= 15 is 0 Å². The van der Waals surface area contributed by atoms with Crippen molar-refractivity contribution in [3.8, 4) is 0 Å². The van der Waals surface area contributed by atoms with Crippen molar-refractivity contribution < 1.29 is 0 Å². The van der Waals surface area contributed by atoms with E-state index in [9.17, 15) is 0 Å². The monoisotopic (exact) mass is 353 g/mol. The van der Waals surface area contributed by atoms with Crippen LogP contribution in [0.5, 0.6) is 0 Å². The van der Waals surface area contributed by atoms with Gasteiger partial charge in [-0.2, -0.15) is 0 Å². The maximum atomic E-state index is 5.80. The van der Waals surface area contributed by atoms with Gasteiger partial charge in [0.05, 0.1) is 0 Å². The summed E-state index contributed by atoms with van der Waals surface area (Å²) in [5.74, 6) is 0. The lowest BCUT2D eigenvalue weighted by molar-refractivity contribution is 0.587. The van der Waals surface area contributed by atoms with Gasteiger partial charge in [0.25, 0.3) is 0 Å². The van der Waals surface area contributed by atoms with E-state index in [0.29, 0.717) is 0 Å². The number of hydrogen-bond acceptors (Lipinski definition) is 1. The van der Waals surface area contributed by atoms with E-state index in [4.69, 9.17) is 5.73 Å². The smallest absolute Gasteiger partial charge is 0.0461 e. The van der Waals surface area contributed by atoms with Gasteiger partial charge in [-0.3, -0.25) is 0 Å². The third-order valence-electron chi connectivity index (χ3n) is 1.89. The number of anilines is 1. The van der Waals surface area contributed by atoms with E-state index in [1.807, 2.05) is 6.07 Å². The van der Waals surface area contributed by atoms with Crippen molar-refractivity contribution in [2.24, 2.45) is 0 Å². The van der Waals surface area contributed by atoms with Gasteiger partial charge in [0.2, 0.25) is 0 Å². The Balaban J connectivity index is 3.32. The van der Waals surface area contributed by atoms with Crippen molar-refractivity contribution in [2.75, 3.05) is 5.73 Å². The third kappa shape index (κ3) is 2.59. The van der Waals surface area contributed by atoms with Crippen LogP contribution in [0.3, 0.4) is 0 Å². The number of nitrogens with two attached hydrogens (primary N) is 1. The molecule has 0 radical (unpaired) electrons. The summed E-state index contributed by atoms with van der Waals surface area (Å²) in [6, 6.07) is 4.11. The van der Waals surface area contributed by atoms with Crippen molar-refractivity contribution >= 4 is 44.2 Å². The van der Waals surface area contributed by atoms with E-state index < -0.39 is 0 Å². The van der Waals surface area contributed by atoms with Crippen molar-refractivity contribution in [3.63, 3.8) is 0 Å². The average molecular weight is 354 g/mol. The molecule has 1 rings (SSSR count). The SMILES string of the molecule is CC(C)(C)c1cc(I)c(N)cc1Br. The first-order chi connectivity index (χ1) is 5.82. The molecule has 1 aromatic rings. The Morgan fingerprint density at radius 1 is 1.31 bits per heavy atom. The van der Waals surface area contributed by atoms with E-state index in [2.05, 4.69) is 65.4 Å². The summed E-state index contributed by atoms with van der Waals surface area (Å²) in [4.78, 5) is 0. The van der Waals surface area contributed by atoms with Crippen LogP contribution in [0.1, 0.15) is 26.3 Å². The minimum atomic E-state index is 0.159. The zero-order chi connectivity index (χ0) is 10.2. The first-order valence-corrected chi connectivity index (χ1v) is 5.94. The first-order valence-electron chi connectivity index (χ1n) is 4.07. The number of rotatable bonds is 0. The molecule has 0 aliphatic carbocycles. The van der Waals surface area contributed by atoms with Crippen molar-refractivity contribution in [1.29, 1.82) is 0 Å². The molecule has 13 heavy (non-hydrogen) atoms. The second-order valence-corrected chi connectivity index (χ2v) is 6.12. The highest BCUT2D eigenvalue weighted by molar-refractivity contribution is 14.1. The lowest BCUT2D eigenvalue weighted by atomic mass is 9.87. The summed E-state index contributed by atoms with van der Waals surface area (Å²) in [7, 11) is 0. The minimum Gasteiger partial charge on any atom is -0.398 e. The maximum absolute atomic E-state index is 5.80. The predicted octanol–water partition coefficient (Wildman–Crippen LogP) is 3.93. The summed E-state index contributed by atoms with van der Waals surface area (Å²) in [5.41, 5.74) is 8.09. The van der Waals surface area contributed by atoms with Gasteiger partial charge >= 0.3 is 0 Å². The lowest BCUT2D eigenvalue weighted by Gasteiger charge is -2.21. The molecule has 2 N–H and O–H groups in total. The number of benzene rings is 1. The van der Waals surface area contributed by atoms with E-state index in [0.717, 1.165) is 13.7 Å². The van der Waals surface area contributed by atoms with Crippen LogP contribution >= 0.6 is 38.5 Å². The summed E-state index contributed by atoms with van der Waals surface area (Å²) >= 11 is 5.79. The Morgan fingerprint density at radius 3 is 2.31 bits per heavy atom. The van der Waals surface area contributed by atoms with Crippen LogP contribution in [0, 0.1) is 3.57 Å². The highest BCUT2D eigenvalue weighted by Gasteiger charge is 2.18. The van der Waals surface area contributed by atoms with Crippen LogP contribution in [0.15, 0.2) is 16.6 Å². The zero-order valence-corrected chi connectivity index (χ0v) is 11.7. The standard InChI is InChI=1S/C10H13BrIN/c1-10(2,3)6-4-8(12)9(13)5-7(6)11/h4-5H,13H2,1-3H3. The maximum Gasteiger partial charge on any atom is 0.0461 e. The lowest BCUT2D eigenvalue weighted by Crippen LogP contribution is -2.12. The van der Waals surface area contributed by atoms with Gasteiger partial charge in [0.1, 0.15) is 0 Å². The molecule has 0 bridgehead atoms. The fourth-order valence-corrected chi connectivity index (χ4v) is 2.56. The van der Waals surface area contributed by atoms with Gasteiger partial charge in [0.15, 0.2) is 0 Å². The molecule has 0 fully saturated rings. The largest absolute Gasteiger partial charge is 0.398 e. The summed E-state index contributed by atoms with van der Waals surface area (Å²) in [6.45, 7) is 6.58. The molecule has 3 heteroatoms. The quantitative estimate of drug-likeness (QED) is 0.555. The van der Waals surface area contributed by atoms with E-state index in [-0.39, 0.29) is 5.41 Å². The van der Waals surface area contributed by atoms with Gasteiger partial charge in [-0.05, 0) is 45.7 Å². The van der Waals surface area contributed by atoms with Crippen LogP contribution < -0.4 is 5.73 Å².